The van der Waals surface area contributed by atoms with E-state index in [0.717, 1.165) is 18.3 Å². The summed E-state index contributed by atoms with van der Waals surface area (Å²) in [6, 6.07) is 7.92. The molecule has 4 aromatic rings. The molecular weight excluding hydrogens is 497 g/mol. The van der Waals surface area contributed by atoms with Crippen LogP contribution in [0.2, 0.25) is 0 Å². The molecule has 36 heavy (non-hydrogen) atoms. The molecule has 13 heteroatoms. The van der Waals surface area contributed by atoms with Crippen LogP contribution in [0, 0.1) is 40.7 Å². The quantitative estimate of drug-likeness (QED) is 0.116. The first-order chi connectivity index (χ1) is 17.1. The van der Waals surface area contributed by atoms with Gasteiger partial charge in [-0.25, -0.2) is 40.2 Å². The summed E-state index contributed by atoms with van der Waals surface area (Å²) in [5.41, 5.74) is 0.256. The van der Waals surface area contributed by atoms with Gasteiger partial charge in [0, 0.05) is 23.4 Å². The first kappa shape index (κ1) is 24.4. The van der Waals surface area contributed by atoms with Crippen LogP contribution in [-0.4, -0.2) is 27.1 Å². The van der Waals surface area contributed by atoms with Crippen molar-refractivity contribution in [2.75, 3.05) is 5.43 Å². The van der Waals surface area contributed by atoms with Crippen molar-refractivity contribution in [1.82, 2.24) is 9.78 Å². The van der Waals surface area contributed by atoms with Crippen molar-refractivity contribution in [2.24, 2.45) is 5.10 Å². The third kappa shape index (κ3) is 4.50. The highest BCUT2D eigenvalue weighted by Gasteiger charge is 2.25. The van der Waals surface area contributed by atoms with Crippen LogP contribution in [0.3, 0.4) is 0 Å². The van der Waals surface area contributed by atoms with Crippen molar-refractivity contribution in [3.8, 4) is 16.9 Å². The zero-order chi connectivity index (χ0) is 26.1. The number of carboxylic acids is 1. The van der Waals surface area contributed by atoms with Crippen LogP contribution >= 0.6 is 0 Å². The summed E-state index contributed by atoms with van der Waals surface area (Å²) in [5.74, 6) is -14.1. The minimum absolute atomic E-state index is 0.0146. The molecule has 0 fully saturated rings. The fourth-order valence-corrected chi connectivity index (χ4v) is 3.13. The predicted octanol–water partition coefficient (Wildman–Crippen LogP) is 5.66. The van der Waals surface area contributed by atoms with Gasteiger partial charge in [0.15, 0.2) is 23.3 Å². The summed E-state index contributed by atoms with van der Waals surface area (Å²) in [6.07, 6.45) is 2.13. The average Bonchev–Trinajstić information content (AvgIpc) is 3.27. The van der Waals surface area contributed by atoms with Gasteiger partial charge in [-0.05, 0) is 36.4 Å². The zero-order valence-corrected chi connectivity index (χ0v) is 17.5. The highest BCUT2D eigenvalue weighted by Crippen LogP contribution is 2.28. The van der Waals surface area contributed by atoms with Crippen molar-refractivity contribution < 1.29 is 40.6 Å². The maximum atomic E-state index is 14.5. The molecule has 4 rings (SSSR count). The number of hydrogen-bond donors (Lipinski definition) is 2. The lowest BCUT2D eigenvalue weighted by molar-refractivity contribution is 0.0697. The lowest BCUT2D eigenvalue weighted by Crippen LogP contribution is -2.06. The van der Waals surface area contributed by atoms with Crippen molar-refractivity contribution >= 4 is 17.9 Å². The molecule has 1 heterocycles. The number of anilines is 1. The van der Waals surface area contributed by atoms with E-state index in [2.05, 4.69) is 10.2 Å². The molecule has 2 N–H and O–H groups in total. The highest BCUT2D eigenvalue weighted by atomic mass is 19.2. The standard InChI is InChI=1S/C23H11F7N4O2/c24-12-3-6-14(15(25)7-12)21-11(9-34(33-21)13-4-1-10(2-5-13)23(35)36)8-31-32-22-19(29)17(27)16(26)18(28)20(22)30/h1-9,32H,(H,35,36)/b31-8+. The molecule has 0 saturated heterocycles. The van der Waals surface area contributed by atoms with Gasteiger partial charge in [-0.15, -0.1) is 0 Å². The molecule has 0 radical (unpaired) electrons. The molecule has 0 aliphatic heterocycles. The number of aromatic carboxylic acids is 1. The molecule has 0 aliphatic carbocycles. The number of hydrogen-bond acceptors (Lipinski definition) is 4. The number of hydrazone groups is 1. The lowest BCUT2D eigenvalue weighted by Gasteiger charge is -2.07. The number of nitrogens with one attached hydrogen (secondary N) is 1. The van der Waals surface area contributed by atoms with E-state index in [0.29, 0.717) is 11.8 Å². The van der Waals surface area contributed by atoms with E-state index in [9.17, 15) is 35.5 Å². The number of nitrogens with zero attached hydrogens (tertiary/aromatic N) is 3. The Morgan fingerprint density at radius 3 is 2.08 bits per heavy atom. The monoisotopic (exact) mass is 508 g/mol. The average molecular weight is 508 g/mol. The van der Waals surface area contributed by atoms with E-state index in [4.69, 9.17) is 5.11 Å². The Morgan fingerprint density at radius 2 is 1.50 bits per heavy atom. The van der Waals surface area contributed by atoms with Gasteiger partial charge in [0.1, 0.15) is 23.0 Å². The van der Waals surface area contributed by atoms with Crippen LogP contribution in [0.5, 0.6) is 0 Å². The third-order valence-electron chi connectivity index (χ3n) is 4.90. The second-order valence-electron chi connectivity index (χ2n) is 7.17. The van der Waals surface area contributed by atoms with E-state index in [1.165, 1.54) is 35.1 Å². The van der Waals surface area contributed by atoms with Gasteiger partial charge >= 0.3 is 5.97 Å². The topological polar surface area (TPSA) is 79.5 Å². The van der Waals surface area contributed by atoms with Crippen molar-refractivity contribution in [2.45, 2.75) is 0 Å². The van der Waals surface area contributed by atoms with E-state index in [1.807, 2.05) is 0 Å². The first-order valence-electron chi connectivity index (χ1n) is 9.77. The number of halogens is 7. The number of aromatic nitrogens is 2. The molecule has 0 bridgehead atoms. The minimum atomic E-state index is -2.34. The van der Waals surface area contributed by atoms with E-state index in [1.54, 1.807) is 5.43 Å². The summed E-state index contributed by atoms with van der Waals surface area (Å²) < 4.78 is 96.8. The molecule has 0 spiro atoms. The van der Waals surface area contributed by atoms with Gasteiger partial charge in [0.05, 0.1) is 17.5 Å². The smallest absolute Gasteiger partial charge is 0.335 e. The Bertz CT molecular complexity index is 1490. The summed E-state index contributed by atoms with van der Waals surface area (Å²) in [7, 11) is 0. The maximum Gasteiger partial charge on any atom is 0.335 e. The molecule has 6 nitrogen and oxygen atoms in total. The van der Waals surface area contributed by atoms with E-state index >= 15 is 0 Å². The summed E-state index contributed by atoms with van der Waals surface area (Å²) in [6.45, 7) is 0. The summed E-state index contributed by atoms with van der Waals surface area (Å²) >= 11 is 0. The third-order valence-corrected chi connectivity index (χ3v) is 4.90. The molecule has 184 valence electrons. The van der Waals surface area contributed by atoms with E-state index < -0.39 is 52.4 Å². The zero-order valence-electron chi connectivity index (χ0n) is 17.5. The van der Waals surface area contributed by atoms with Gasteiger partial charge in [0.25, 0.3) is 0 Å². The van der Waals surface area contributed by atoms with Gasteiger partial charge in [0.2, 0.25) is 5.82 Å². The minimum Gasteiger partial charge on any atom is -0.478 e. The molecule has 0 amide bonds. The molecule has 1 aromatic heterocycles. The van der Waals surface area contributed by atoms with Gasteiger partial charge in [-0.2, -0.15) is 10.2 Å². The Kier molecular flexibility index (Phi) is 6.47. The van der Waals surface area contributed by atoms with E-state index in [-0.39, 0.29) is 22.4 Å². The molecule has 0 atom stereocenters. The Hall–Kier alpha value is -4.68. The Morgan fingerprint density at radius 1 is 0.889 bits per heavy atom. The fourth-order valence-electron chi connectivity index (χ4n) is 3.13. The van der Waals surface area contributed by atoms with Crippen LogP contribution in [-0.2, 0) is 0 Å². The van der Waals surface area contributed by atoms with Crippen LogP contribution in [0.4, 0.5) is 36.4 Å². The van der Waals surface area contributed by atoms with Crippen molar-refractivity contribution in [1.29, 1.82) is 0 Å². The summed E-state index contributed by atoms with van der Waals surface area (Å²) in [4.78, 5) is 11.1. The first-order valence-corrected chi connectivity index (χ1v) is 9.77. The van der Waals surface area contributed by atoms with Gasteiger partial charge < -0.3 is 5.11 Å². The fraction of sp³-hybridized carbons (Fsp3) is 0. The van der Waals surface area contributed by atoms with Crippen molar-refractivity contribution in [3.63, 3.8) is 0 Å². The number of carboxylic acid groups (broad SMARTS) is 1. The predicted molar refractivity (Wildman–Crippen MR) is 113 cm³/mol. The lowest BCUT2D eigenvalue weighted by atomic mass is 10.1. The number of carbonyl (C=O) groups is 1. The molecular formula is C23H11F7N4O2. The molecule has 0 saturated carbocycles. The normalized spacial score (nSPS) is 11.3. The molecule has 0 unspecified atom stereocenters. The largest absolute Gasteiger partial charge is 0.478 e. The van der Waals surface area contributed by atoms with Gasteiger partial charge in [-0.1, -0.05) is 0 Å². The SMILES string of the molecule is O=C(O)c1ccc(-n2cc(/C=N/Nc3c(F)c(F)c(F)c(F)c3F)c(-c3ccc(F)cc3F)n2)cc1. The maximum absolute atomic E-state index is 14.5. The second kappa shape index (κ2) is 9.52. The summed E-state index contributed by atoms with van der Waals surface area (Å²) in [5, 5.41) is 16.7. The highest BCUT2D eigenvalue weighted by molar-refractivity contribution is 5.89. The molecule has 0 aliphatic rings. The number of rotatable bonds is 6. The Labute approximate surface area is 196 Å². The van der Waals surface area contributed by atoms with Crippen molar-refractivity contribution in [3.05, 3.63) is 101 Å². The Balaban J connectivity index is 1.76. The van der Waals surface area contributed by atoms with Crippen LogP contribution in [0.25, 0.3) is 16.9 Å². The number of benzene rings is 3. The molecule has 3 aromatic carbocycles. The van der Waals surface area contributed by atoms with Crippen LogP contribution in [0.1, 0.15) is 15.9 Å². The second-order valence-corrected chi connectivity index (χ2v) is 7.17. The van der Waals surface area contributed by atoms with Crippen LogP contribution < -0.4 is 5.43 Å². The van der Waals surface area contributed by atoms with Crippen LogP contribution in [0.15, 0.2) is 53.8 Å². The van der Waals surface area contributed by atoms with Gasteiger partial charge in [-0.3, -0.25) is 5.43 Å².